The van der Waals surface area contributed by atoms with Crippen LogP contribution in [0.3, 0.4) is 0 Å². The van der Waals surface area contributed by atoms with Crippen molar-refractivity contribution in [3.8, 4) is 5.75 Å². The van der Waals surface area contributed by atoms with Crippen LogP contribution in [0, 0.1) is 0 Å². The van der Waals surface area contributed by atoms with Crippen LogP contribution in [0.2, 0.25) is 0 Å². The van der Waals surface area contributed by atoms with E-state index in [0.29, 0.717) is 11.5 Å². The van der Waals surface area contributed by atoms with Gasteiger partial charge in [-0.25, -0.2) is 9.59 Å². The number of methoxy groups -OCH3 is 1. The van der Waals surface area contributed by atoms with Gasteiger partial charge in [-0.1, -0.05) is 55.7 Å². The van der Waals surface area contributed by atoms with Crippen molar-refractivity contribution in [1.82, 2.24) is 10.6 Å². The lowest BCUT2D eigenvalue weighted by molar-refractivity contribution is -0.152. The molecule has 1 aliphatic carbocycles. The molecule has 0 aliphatic heterocycles. The number of benzene rings is 3. The molecule has 246 valence electrons. The van der Waals surface area contributed by atoms with Crippen LogP contribution in [0.1, 0.15) is 83.6 Å². The van der Waals surface area contributed by atoms with Gasteiger partial charge in [0.1, 0.15) is 5.75 Å². The molecule has 0 aromatic heterocycles. The normalized spacial score (nSPS) is 14.9. The molecule has 1 aliphatic rings. The largest absolute Gasteiger partial charge is 0.497 e. The molecule has 2 unspecified atom stereocenters. The van der Waals surface area contributed by atoms with E-state index in [2.05, 4.69) is 16.0 Å². The monoisotopic (exact) mass is 641 g/mol. The number of aliphatic hydroxyl groups is 1. The highest BCUT2D eigenvalue weighted by atomic mass is 19.4. The molecule has 3 amide bonds. The summed E-state index contributed by atoms with van der Waals surface area (Å²) in [7, 11) is 1.23. The topological polar surface area (TPSA) is 126 Å². The first-order chi connectivity index (χ1) is 22.0. The van der Waals surface area contributed by atoms with Gasteiger partial charge in [-0.15, -0.1) is 0 Å². The van der Waals surface area contributed by atoms with E-state index >= 15 is 0 Å². The molecular formula is C34H38F3N3O6. The van der Waals surface area contributed by atoms with E-state index in [4.69, 9.17) is 9.47 Å². The predicted octanol–water partition coefficient (Wildman–Crippen LogP) is 6.33. The third-order valence-corrected chi connectivity index (χ3v) is 7.87. The van der Waals surface area contributed by atoms with Gasteiger partial charge in [0.25, 0.3) is 5.91 Å². The number of hydrogen-bond donors (Lipinski definition) is 4. The number of amides is 3. The molecule has 3 aromatic carbocycles. The molecule has 1 saturated carbocycles. The molecule has 4 rings (SSSR count). The number of urea groups is 1. The fourth-order valence-electron chi connectivity index (χ4n) is 5.45. The van der Waals surface area contributed by atoms with E-state index in [-0.39, 0.29) is 30.2 Å². The van der Waals surface area contributed by atoms with E-state index in [9.17, 15) is 32.7 Å². The third-order valence-electron chi connectivity index (χ3n) is 7.87. The van der Waals surface area contributed by atoms with Crippen LogP contribution in [0.4, 0.5) is 23.7 Å². The Morgan fingerprint density at radius 2 is 1.57 bits per heavy atom. The number of anilines is 1. The van der Waals surface area contributed by atoms with E-state index < -0.39 is 41.8 Å². The zero-order valence-electron chi connectivity index (χ0n) is 25.7. The third kappa shape index (κ3) is 9.23. The highest BCUT2D eigenvalue weighted by Crippen LogP contribution is 2.35. The van der Waals surface area contributed by atoms with Crippen molar-refractivity contribution in [3.05, 3.63) is 94.5 Å². The molecule has 0 heterocycles. The van der Waals surface area contributed by atoms with Gasteiger partial charge in [0, 0.05) is 17.3 Å². The van der Waals surface area contributed by atoms with Gasteiger partial charge in [0.05, 0.1) is 31.9 Å². The molecule has 12 heteroatoms. The minimum absolute atomic E-state index is 0.0661. The van der Waals surface area contributed by atoms with Gasteiger partial charge < -0.3 is 30.5 Å². The summed E-state index contributed by atoms with van der Waals surface area (Å²) >= 11 is 0. The fourth-order valence-corrected chi connectivity index (χ4v) is 5.45. The molecular weight excluding hydrogens is 603 g/mol. The zero-order chi connectivity index (χ0) is 33.3. The first kappa shape index (κ1) is 34.3. The van der Waals surface area contributed by atoms with Crippen LogP contribution in [0.25, 0.3) is 0 Å². The quantitative estimate of drug-likeness (QED) is 0.182. The molecule has 9 nitrogen and oxygen atoms in total. The maximum absolute atomic E-state index is 13.4. The number of carbonyl (C=O) groups is 3. The zero-order valence-corrected chi connectivity index (χ0v) is 25.7. The van der Waals surface area contributed by atoms with Gasteiger partial charge in [0.2, 0.25) is 0 Å². The Balaban J connectivity index is 1.55. The van der Waals surface area contributed by atoms with Crippen molar-refractivity contribution in [2.75, 3.05) is 25.6 Å². The summed E-state index contributed by atoms with van der Waals surface area (Å²) in [6.45, 7) is 1.36. The highest BCUT2D eigenvalue weighted by molar-refractivity contribution is 5.94. The van der Waals surface area contributed by atoms with Crippen molar-refractivity contribution in [2.45, 2.75) is 63.3 Å². The Morgan fingerprint density at radius 1 is 0.935 bits per heavy atom. The number of rotatable bonds is 11. The number of aliphatic hydroxyl groups excluding tert-OH is 1. The first-order valence-electron chi connectivity index (χ1n) is 15.1. The molecule has 1 fully saturated rings. The van der Waals surface area contributed by atoms with E-state index in [1.807, 2.05) is 24.3 Å². The average molecular weight is 642 g/mol. The minimum Gasteiger partial charge on any atom is -0.497 e. The molecule has 0 radical (unpaired) electrons. The number of nitrogens with one attached hydrogen (secondary N) is 3. The standard InChI is InChI=1S/C34H38F3N3O6/c1-3-46-32(43)29(41)20-38-31(42)25-15-13-24(14-16-25)30(23-11-9-22(10-12-23)21-7-5-4-6-8-21)40-33(44)39-27-17-26(34(35,36)37)18-28(19-27)45-2/h9-19,21,29-30,41H,3-8,20H2,1-2H3,(H,38,42)(H2,39,40,44). The van der Waals surface area contributed by atoms with Crippen LogP contribution in [-0.2, 0) is 15.7 Å². The van der Waals surface area contributed by atoms with Gasteiger partial charge in [-0.2, -0.15) is 13.2 Å². The second-order valence-corrected chi connectivity index (χ2v) is 11.1. The molecule has 3 aromatic rings. The SMILES string of the molecule is CCOC(=O)C(O)CNC(=O)c1ccc(C(NC(=O)Nc2cc(OC)cc(C(F)(F)F)c2)c2ccc(C3CCCCC3)cc2)cc1. The second kappa shape index (κ2) is 15.6. The van der Waals surface area contributed by atoms with Crippen molar-refractivity contribution in [2.24, 2.45) is 0 Å². The summed E-state index contributed by atoms with van der Waals surface area (Å²) in [4.78, 5) is 37.5. The van der Waals surface area contributed by atoms with Gasteiger partial charge in [0.15, 0.2) is 6.10 Å². The average Bonchev–Trinajstić information content (AvgIpc) is 3.06. The Kier molecular flexibility index (Phi) is 11.6. The summed E-state index contributed by atoms with van der Waals surface area (Å²) < 4.78 is 50.0. The molecule has 2 atom stereocenters. The number of alkyl halides is 3. The van der Waals surface area contributed by atoms with Crippen molar-refractivity contribution >= 4 is 23.6 Å². The lowest BCUT2D eigenvalue weighted by Gasteiger charge is -2.24. The van der Waals surface area contributed by atoms with E-state index in [0.717, 1.165) is 30.5 Å². The predicted molar refractivity (Wildman–Crippen MR) is 166 cm³/mol. The van der Waals surface area contributed by atoms with Crippen molar-refractivity contribution in [3.63, 3.8) is 0 Å². The highest BCUT2D eigenvalue weighted by Gasteiger charge is 2.32. The number of esters is 1. The molecule has 0 spiro atoms. The Hall–Kier alpha value is -4.58. The van der Waals surface area contributed by atoms with Gasteiger partial charge >= 0.3 is 18.2 Å². The number of carbonyl (C=O) groups excluding carboxylic acids is 3. The van der Waals surface area contributed by atoms with E-state index in [1.54, 1.807) is 19.1 Å². The van der Waals surface area contributed by atoms with Crippen LogP contribution in [0.15, 0.2) is 66.7 Å². The van der Waals surface area contributed by atoms with Gasteiger partial charge in [-0.3, -0.25) is 4.79 Å². The molecule has 4 N–H and O–H groups in total. The maximum atomic E-state index is 13.4. The van der Waals surface area contributed by atoms with Crippen LogP contribution < -0.4 is 20.7 Å². The van der Waals surface area contributed by atoms with E-state index in [1.165, 1.54) is 50.1 Å². The number of hydrogen-bond acceptors (Lipinski definition) is 6. The second-order valence-electron chi connectivity index (χ2n) is 11.1. The van der Waals surface area contributed by atoms with Crippen LogP contribution >= 0.6 is 0 Å². The number of ether oxygens (including phenoxy) is 2. The Bertz CT molecular complexity index is 1490. The molecule has 0 saturated heterocycles. The van der Waals surface area contributed by atoms with Crippen molar-refractivity contribution in [1.29, 1.82) is 0 Å². The Morgan fingerprint density at radius 3 is 2.15 bits per heavy atom. The lowest BCUT2D eigenvalue weighted by atomic mass is 9.83. The Labute approximate surface area is 265 Å². The first-order valence-corrected chi connectivity index (χ1v) is 15.1. The summed E-state index contributed by atoms with van der Waals surface area (Å²) in [5.41, 5.74) is 1.70. The summed E-state index contributed by atoms with van der Waals surface area (Å²) in [6, 6.07) is 15.7. The van der Waals surface area contributed by atoms with Gasteiger partial charge in [-0.05, 0) is 66.6 Å². The smallest absolute Gasteiger partial charge is 0.416 e. The van der Waals surface area contributed by atoms with Crippen molar-refractivity contribution < 1.29 is 42.1 Å². The number of halogens is 3. The van der Waals surface area contributed by atoms with Crippen LogP contribution in [-0.4, -0.2) is 49.4 Å². The summed E-state index contributed by atoms with van der Waals surface area (Å²) in [5, 5.41) is 17.7. The fraction of sp³-hybridized carbons (Fsp3) is 0.382. The summed E-state index contributed by atoms with van der Waals surface area (Å²) in [5.74, 6) is -0.979. The lowest BCUT2D eigenvalue weighted by Crippen LogP contribution is -2.37. The van der Waals surface area contributed by atoms with Crippen LogP contribution in [0.5, 0.6) is 5.75 Å². The summed E-state index contributed by atoms with van der Waals surface area (Å²) in [6.07, 6.45) is -0.335. The minimum atomic E-state index is -4.64. The molecule has 46 heavy (non-hydrogen) atoms. The molecule has 0 bridgehead atoms. The maximum Gasteiger partial charge on any atom is 0.416 e.